The summed E-state index contributed by atoms with van der Waals surface area (Å²) in [5, 5.41) is 0. The molecule has 20 heavy (non-hydrogen) atoms. The van der Waals surface area contributed by atoms with Gasteiger partial charge in [-0.25, -0.2) is 0 Å². The molecule has 0 aromatic carbocycles. The van der Waals surface area contributed by atoms with E-state index in [1.807, 2.05) is 0 Å². The Morgan fingerprint density at radius 3 is 1.40 bits per heavy atom. The summed E-state index contributed by atoms with van der Waals surface area (Å²) in [6.07, 6.45) is 18.8. The van der Waals surface area contributed by atoms with Gasteiger partial charge in [-0.05, 0) is 19.3 Å². The summed E-state index contributed by atoms with van der Waals surface area (Å²) in [4.78, 5) is 1.63. The first-order chi connectivity index (χ1) is 9.22. The second-order valence-electron chi connectivity index (χ2n) is 6.51. The van der Waals surface area contributed by atoms with Gasteiger partial charge in [0.2, 0.25) is 0 Å². The molecule has 1 nitrogen and oxygen atoms in total. The fourth-order valence-corrected chi connectivity index (χ4v) is 2.96. The maximum Gasteiger partial charge on any atom is 0.0867 e. The average Bonchev–Trinajstić information content (AvgIpc) is 2.40. The van der Waals surface area contributed by atoms with Crippen LogP contribution in [0.15, 0.2) is 0 Å². The van der Waals surface area contributed by atoms with Gasteiger partial charge in [-0.2, -0.15) is 0 Å². The minimum atomic E-state index is 0. The van der Waals surface area contributed by atoms with Crippen molar-refractivity contribution in [2.45, 2.75) is 103 Å². The van der Waals surface area contributed by atoms with E-state index in [4.69, 9.17) is 0 Å². The molecule has 0 aromatic heterocycles. The van der Waals surface area contributed by atoms with Gasteiger partial charge in [-0.3, -0.25) is 0 Å². The Balaban J connectivity index is 0. The van der Waals surface area contributed by atoms with Crippen LogP contribution in [-0.4, -0.2) is 20.1 Å². The van der Waals surface area contributed by atoms with Crippen molar-refractivity contribution in [1.82, 2.24) is 0 Å². The Kier molecular flexibility index (Phi) is 19.5. The molecule has 1 atom stereocenters. The van der Waals surface area contributed by atoms with Crippen LogP contribution in [0.5, 0.6) is 0 Å². The minimum absolute atomic E-state index is 0. The summed E-state index contributed by atoms with van der Waals surface area (Å²) in [6.45, 7) is 4.62. The molecule has 0 heterocycles. The normalized spacial score (nSPS) is 12.4. The second kappa shape index (κ2) is 17.3. The van der Waals surface area contributed by atoms with Crippen LogP contribution in [0.3, 0.4) is 0 Å². The van der Waals surface area contributed by atoms with E-state index in [1.165, 1.54) is 83.5 Å². The van der Waals surface area contributed by atoms with E-state index in [9.17, 15) is 0 Å². The van der Waals surface area contributed by atoms with Gasteiger partial charge in [-0.1, -0.05) is 78.1 Å². The van der Waals surface area contributed by atoms with Crippen molar-refractivity contribution in [2.75, 3.05) is 14.1 Å². The lowest BCUT2D eigenvalue weighted by Gasteiger charge is -2.19. The van der Waals surface area contributed by atoms with E-state index >= 15 is 0 Å². The zero-order valence-corrected chi connectivity index (χ0v) is 15.4. The molecule has 1 unspecified atom stereocenters. The number of hydrogen-bond acceptors (Lipinski definition) is 0. The summed E-state index contributed by atoms with van der Waals surface area (Å²) in [5.41, 5.74) is 0. The van der Waals surface area contributed by atoms with Crippen molar-refractivity contribution in [3.63, 3.8) is 0 Å². The van der Waals surface area contributed by atoms with Gasteiger partial charge in [0.1, 0.15) is 0 Å². The van der Waals surface area contributed by atoms with E-state index in [-0.39, 0.29) is 12.4 Å². The molecule has 0 fully saturated rings. The Hall–Kier alpha value is 0.250. The summed E-state index contributed by atoms with van der Waals surface area (Å²) >= 11 is 0. The molecule has 0 aliphatic carbocycles. The zero-order chi connectivity index (χ0) is 14.3. The van der Waals surface area contributed by atoms with Gasteiger partial charge in [0.25, 0.3) is 0 Å². The first kappa shape index (κ1) is 22.5. The molecule has 0 rings (SSSR count). The van der Waals surface area contributed by atoms with Crippen LogP contribution in [0.25, 0.3) is 0 Å². The van der Waals surface area contributed by atoms with Gasteiger partial charge in [-0.15, -0.1) is 0 Å². The Labute approximate surface area is 135 Å². The van der Waals surface area contributed by atoms with E-state index < -0.39 is 0 Å². The molecule has 0 amide bonds. The molecule has 2 heteroatoms. The smallest absolute Gasteiger partial charge is 0.0867 e. The zero-order valence-electron chi connectivity index (χ0n) is 14.6. The molecule has 0 radical (unpaired) electrons. The number of hydrogen-bond donors (Lipinski definition) is 1. The van der Waals surface area contributed by atoms with Gasteiger partial charge in [0.15, 0.2) is 0 Å². The van der Waals surface area contributed by atoms with Crippen molar-refractivity contribution in [1.29, 1.82) is 0 Å². The van der Waals surface area contributed by atoms with E-state index in [2.05, 4.69) is 27.9 Å². The van der Waals surface area contributed by atoms with E-state index in [0.29, 0.717) is 0 Å². The molecule has 0 spiro atoms. The van der Waals surface area contributed by atoms with E-state index in [1.54, 1.807) is 4.90 Å². The summed E-state index contributed by atoms with van der Waals surface area (Å²) in [5.74, 6) is 0. The lowest BCUT2D eigenvalue weighted by Crippen LogP contribution is -3.09. The van der Waals surface area contributed by atoms with Crippen molar-refractivity contribution >= 4 is 0 Å². The fraction of sp³-hybridized carbons (Fsp3) is 1.00. The van der Waals surface area contributed by atoms with Gasteiger partial charge in [0, 0.05) is 0 Å². The Morgan fingerprint density at radius 2 is 1.05 bits per heavy atom. The van der Waals surface area contributed by atoms with Crippen LogP contribution in [-0.2, 0) is 0 Å². The highest BCUT2D eigenvalue weighted by molar-refractivity contribution is 4.54. The van der Waals surface area contributed by atoms with Crippen LogP contribution in [0.4, 0.5) is 0 Å². The number of halogens is 1. The van der Waals surface area contributed by atoms with Gasteiger partial charge in [0.05, 0.1) is 20.1 Å². The summed E-state index contributed by atoms with van der Waals surface area (Å²) in [7, 11) is 4.60. The van der Waals surface area contributed by atoms with Crippen LogP contribution in [0.2, 0.25) is 0 Å². The SMILES string of the molecule is CCCCCCCCCCCCCC(CC)[NH+](C)C.[Cl-]. The topological polar surface area (TPSA) is 4.44 Å². The molecule has 0 aliphatic rings. The van der Waals surface area contributed by atoms with Crippen LogP contribution in [0.1, 0.15) is 97.3 Å². The maximum atomic E-state index is 2.33. The molecule has 0 saturated carbocycles. The third-order valence-corrected chi connectivity index (χ3v) is 4.47. The molecule has 124 valence electrons. The molecule has 0 saturated heterocycles. The average molecular weight is 306 g/mol. The second-order valence-corrected chi connectivity index (χ2v) is 6.51. The predicted octanol–water partition coefficient (Wildman–Crippen LogP) is 1.61. The highest BCUT2D eigenvalue weighted by Gasteiger charge is 2.10. The summed E-state index contributed by atoms with van der Waals surface area (Å²) in [6, 6.07) is 0.888. The monoisotopic (exact) mass is 305 g/mol. The predicted molar refractivity (Wildman–Crippen MR) is 88.0 cm³/mol. The molecule has 0 aliphatic heterocycles. The van der Waals surface area contributed by atoms with Crippen LogP contribution >= 0.6 is 0 Å². The molecular weight excluding hydrogens is 266 g/mol. The first-order valence-corrected chi connectivity index (χ1v) is 9.02. The van der Waals surface area contributed by atoms with Gasteiger partial charge >= 0.3 is 0 Å². The molecule has 0 aromatic rings. The maximum absolute atomic E-state index is 2.33. The lowest BCUT2D eigenvalue weighted by molar-refractivity contribution is -0.886. The van der Waals surface area contributed by atoms with Gasteiger partial charge < -0.3 is 17.3 Å². The summed E-state index contributed by atoms with van der Waals surface area (Å²) < 4.78 is 0. The van der Waals surface area contributed by atoms with E-state index in [0.717, 1.165) is 6.04 Å². The number of rotatable bonds is 14. The molecule has 1 N–H and O–H groups in total. The molecular formula is C18H40ClN. The van der Waals surface area contributed by atoms with Crippen molar-refractivity contribution in [3.05, 3.63) is 0 Å². The number of nitrogens with one attached hydrogen (secondary N) is 1. The Morgan fingerprint density at radius 1 is 0.650 bits per heavy atom. The molecule has 0 bridgehead atoms. The highest BCUT2D eigenvalue weighted by atomic mass is 35.5. The van der Waals surface area contributed by atoms with Crippen LogP contribution < -0.4 is 17.3 Å². The van der Waals surface area contributed by atoms with Crippen molar-refractivity contribution in [2.24, 2.45) is 0 Å². The lowest BCUT2D eigenvalue weighted by atomic mass is 10.0. The fourth-order valence-electron chi connectivity index (χ4n) is 2.96. The third-order valence-electron chi connectivity index (χ3n) is 4.47. The van der Waals surface area contributed by atoms with Crippen LogP contribution in [0, 0.1) is 0 Å². The quantitative estimate of drug-likeness (QED) is 0.465. The number of unbranched alkanes of at least 4 members (excludes halogenated alkanes) is 10. The first-order valence-electron chi connectivity index (χ1n) is 9.02. The minimum Gasteiger partial charge on any atom is -1.00 e. The largest absolute Gasteiger partial charge is 1.00 e. The van der Waals surface area contributed by atoms with Crippen molar-refractivity contribution < 1.29 is 17.3 Å². The van der Waals surface area contributed by atoms with Crippen molar-refractivity contribution in [3.8, 4) is 0 Å². The Bertz CT molecular complexity index is 171. The third kappa shape index (κ3) is 14.7. The number of quaternary nitrogens is 1. The standard InChI is InChI=1S/C18H39N.ClH/c1-5-7-8-9-10-11-12-13-14-15-16-17-18(6-2)19(3)4;/h18H,5-17H2,1-4H3;1H. The highest BCUT2D eigenvalue weighted by Crippen LogP contribution is 2.12.